The SMILES string of the molecule is CCSc1nnc(SCC(=O)N(CC)[C@H]2CCS(=O)(=O)C2)s1. The number of amides is 1. The molecule has 1 saturated heterocycles. The summed E-state index contributed by atoms with van der Waals surface area (Å²) in [5.74, 6) is 1.46. The Balaban J connectivity index is 1.89. The smallest absolute Gasteiger partial charge is 0.233 e. The van der Waals surface area contributed by atoms with Gasteiger partial charge in [-0.15, -0.1) is 10.2 Å². The average molecular weight is 382 g/mol. The fourth-order valence-electron chi connectivity index (χ4n) is 2.30. The Bertz CT molecular complexity index is 617. The normalized spacial score (nSPS) is 20.2. The van der Waals surface area contributed by atoms with E-state index in [1.807, 2.05) is 6.92 Å². The van der Waals surface area contributed by atoms with Crippen LogP contribution < -0.4 is 0 Å². The predicted octanol–water partition coefficient (Wildman–Crippen LogP) is 1.78. The van der Waals surface area contributed by atoms with Gasteiger partial charge in [-0.05, 0) is 19.1 Å². The van der Waals surface area contributed by atoms with E-state index in [1.165, 1.54) is 23.1 Å². The monoisotopic (exact) mass is 381 g/mol. The van der Waals surface area contributed by atoms with E-state index in [0.717, 1.165) is 14.4 Å². The van der Waals surface area contributed by atoms with Crippen LogP contribution in [0.3, 0.4) is 0 Å². The number of nitrogens with zero attached hydrogens (tertiary/aromatic N) is 3. The summed E-state index contributed by atoms with van der Waals surface area (Å²) >= 11 is 4.49. The van der Waals surface area contributed by atoms with Crippen LogP contribution in [0.2, 0.25) is 0 Å². The Hall–Kier alpha value is -0.320. The van der Waals surface area contributed by atoms with Crippen LogP contribution >= 0.6 is 34.9 Å². The van der Waals surface area contributed by atoms with Gasteiger partial charge in [-0.1, -0.05) is 41.8 Å². The van der Waals surface area contributed by atoms with Gasteiger partial charge in [-0.25, -0.2) is 8.42 Å². The van der Waals surface area contributed by atoms with E-state index in [2.05, 4.69) is 17.1 Å². The number of rotatable bonds is 7. The van der Waals surface area contributed by atoms with E-state index in [9.17, 15) is 13.2 Å². The molecule has 0 spiro atoms. The number of hydrogen-bond acceptors (Lipinski definition) is 8. The lowest BCUT2D eigenvalue weighted by molar-refractivity contribution is -0.129. The summed E-state index contributed by atoms with van der Waals surface area (Å²) in [6, 6.07) is -0.177. The van der Waals surface area contributed by atoms with Crippen molar-refractivity contribution in [3.8, 4) is 0 Å². The first-order chi connectivity index (χ1) is 10.4. The van der Waals surface area contributed by atoms with Gasteiger partial charge in [0.05, 0.1) is 17.3 Å². The molecule has 10 heteroatoms. The predicted molar refractivity (Wildman–Crippen MR) is 91.5 cm³/mol. The highest BCUT2D eigenvalue weighted by molar-refractivity contribution is 8.03. The zero-order valence-electron chi connectivity index (χ0n) is 12.5. The number of carbonyl (C=O) groups is 1. The fourth-order valence-corrected chi connectivity index (χ4v) is 6.84. The summed E-state index contributed by atoms with van der Waals surface area (Å²) in [6.07, 6.45) is 0.544. The molecule has 22 heavy (non-hydrogen) atoms. The Labute approximate surface area is 143 Å². The van der Waals surface area contributed by atoms with Crippen molar-refractivity contribution in [3.63, 3.8) is 0 Å². The third-order valence-electron chi connectivity index (χ3n) is 3.29. The maximum absolute atomic E-state index is 12.3. The number of sulfone groups is 1. The highest BCUT2D eigenvalue weighted by Gasteiger charge is 2.33. The highest BCUT2D eigenvalue weighted by atomic mass is 32.2. The van der Waals surface area contributed by atoms with Gasteiger partial charge in [0, 0.05) is 12.6 Å². The van der Waals surface area contributed by atoms with Crippen molar-refractivity contribution < 1.29 is 13.2 Å². The molecule has 0 bridgehead atoms. The van der Waals surface area contributed by atoms with E-state index in [0.29, 0.717) is 13.0 Å². The van der Waals surface area contributed by atoms with Gasteiger partial charge in [-0.3, -0.25) is 4.79 Å². The third-order valence-corrected chi connectivity index (χ3v) is 8.09. The van der Waals surface area contributed by atoms with Gasteiger partial charge in [-0.2, -0.15) is 0 Å². The molecule has 0 aliphatic carbocycles. The Kier molecular flexibility index (Phi) is 6.54. The molecule has 0 radical (unpaired) electrons. The molecule has 1 aromatic rings. The summed E-state index contributed by atoms with van der Waals surface area (Å²) in [4.78, 5) is 14.0. The minimum Gasteiger partial charge on any atom is -0.338 e. The molecule has 0 aromatic carbocycles. The lowest BCUT2D eigenvalue weighted by Gasteiger charge is -2.26. The zero-order valence-corrected chi connectivity index (χ0v) is 15.8. The first-order valence-corrected chi connectivity index (χ1v) is 11.6. The van der Waals surface area contributed by atoms with Crippen LogP contribution in [-0.4, -0.2) is 65.0 Å². The van der Waals surface area contributed by atoms with E-state index < -0.39 is 9.84 Å². The van der Waals surface area contributed by atoms with Gasteiger partial charge in [0.25, 0.3) is 0 Å². The van der Waals surface area contributed by atoms with Crippen LogP contribution in [-0.2, 0) is 14.6 Å². The van der Waals surface area contributed by atoms with Crippen molar-refractivity contribution in [2.45, 2.75) is 35.0 Å². The molecular weight excluding hydrogens is 362 g/mol. The molecule has 1 aromatic heterocycles. The lowest BCUT2D eigenvalue weighted by Crippen LogP contribution is -2.41. The molecule has 0 unspecified atom stereocenters. The molecule has 1 aliphatic rings. The molecular formula is C12H19N3O3S4. The van der Waals surface area contributed by atoms with Crippen molar-refractivity contribution >= 4 is 50.6 Å². The lowest BCUT2D eigenvalue weighted by atomic mass is 10.2. The topological polar surface area (TPSA) is 80.2 Å². The van der Waals surface area contributed by atoms with Crippen LogP contribution in [0.15, 0.2) is 8.68 Å². The zero-order chi connectivity index (χ0) is 16.2. The molecule has 6 nitrogen and oxygen atoms in total. The van der Waals surface area contributed by atoms with Crippen molar-refractivity contribution in [2.24, 2.45) is 0 Å². The summed E-state index contributed by atoms with van der Waals surface area (Å²) < 4.78 is 24.8. The molecule has 0 saturated carbocycles. The second-order valence-electron chi connectivity index (χ2n) is 4.79. The van der Waals surface area contributed by atoms with Crippen LogP contribution in [0.25, 0.3) is 0 Å². The van der Waals surface area contributed by atoms with E-state index >= 15 is 0 Å². The van der Waals surface area contributed by atoms with Crippen molar-refractivity contribution in [3.05, 3.63) is 0 Å². The second kappa shape index (κ2) is 7.98. The first kappa shape index (κ1) is 18.0. The Morgan fingerprint density at radius 3 is 2.55 bits per heavy atom. The molecule has 124 valence electrons. The highest BCUT2D eigenvalue weighted by Crippen LogP contribution is 2.29. The molecule has 1 atom stereocenters. The Morgan fingerprint density at radius 2 is 2.00 bits per heavy atom. The number of hydrogen-bond donors (Lipinski definition) is 0. The molecule has 2 rings (SSSR count). The maximum atomic E-state index is 12.3. The second-order valence-corrected chi connectivity index (χ2v) is 10.7. The first-order valence-electron chi connectivity index (χ1n) is 7.04. The molecule has 2 heterocycles. The minimum atomic E-state index is -2.98. The van der Waals surface area contributed by atoms with Crippen LogP contribution in [0.4, 0.5) is 0 Å². The molecule has 1 aliphatic heterocycles. The minimum absolute atomic E-state index is 0.0329. The summed E-state index contributed by atoms with van der Waals surface area (Å²) in [7, 11) is -2.98. The fraction of sp³-hybridized carbons (Fsp3) is 0.750. The molecule has 0 N–H and O–H groups in total. The van der Waals surface area contributed by atoms with E-state index in [1.54, 1.807) is 16.7 Å². The van der Waals surface area contributed by atoms with Gasteiger partial charge >= 0.3 is 0 Å². The van der Waals surface area contributed by atoms with E-state index in [4.69, 9.17) is 0 Å². The summed E-state index contributed by atoms with van der Waals surface area (Å²) in [6.45, 7) is 4.47. The third kappa shape index (κ3) is 4.84. The molecule has 1 fully saturated rings. The summed E-state index contributed by atoms with van der Waals surface area (Å²) in [5, 5.41) is 8.11. The van der Waals surface area contributed by atoms with Crippen LogP contribution in [0, 0.1) is 0 Å². The summed E-state index contributed by atoms with van der Waals surface area (Å²) in [5.41, 5.74) is 0. The van der Waals surface area contributed by atoms with Gasteiger partial charge < -0.3 is 4.90 Å². The van der Waals surface area contributed by atoms with Gasteiger partial charge in [0.1, 0.15) is 0 Å². The Morgan fingerprint density at radius 1 is 1.32 bits per heavy atom. The van der Waals surface area contributed by atoms with Crippen molar-refractivity contribution in [1.29, 1.82) is 0 Å². The average Bonchev–Trinajstić information content (AvgIpc) is 3.04. The quantitative estimate of drug-likeness (QED) is 0.666. The van der Waals surface area contributed by atoms with Crippen molar-refractivity contribution in [1.82, 2.24) is 15.1 Å². The van der Waals surface area contributed by atoms with E-state index in [-0.39, 0.29) is 29.2 Å². The molecule has 1 amide bonds. The standard InChI is InChI=1S/C12H19N3O3S4/c1-3-15(9-5-6-22(17,18)8-9)10(16)7-20-12-14-13-11(21-12)19-4-2/h9H,3-8H2,1-2H3/t9-/m0/s1. The van der Waals surface area contributed by atoms with Crippen molar-refractivity contribution in [2.75, 3.05) is 29.6 Å². The van der Waals surface area contributed by atoms with Crippen LogP contribution in [0.1, 0.15) is 20.3 Å². The number of thioether (sulfide) groups is 2. The van der Waals surface area contributed by atoms with Gasteiger partial charge in [0.15, 0.2) is 18.5 Å². The van der Waals surface area contributed by atoms with Crippen LogP contribution in [0.5, 0.6) is 0 Å². The van der Waals surface area contributed by atoms with Gasteiger partial charge in [0.2, 0.25) is 5.91 Å². The number of carbonyl (C=O) groups excluding carboxylic acids is 1. The largest absolute Gasteiger partial charge is 0.338 e. The maximum Gasteiger partial charge on any atom is 0.233 e. The number of aromatic nitrogens is 2.